The van der Waals surface area contributed by atoms with Crippen molar-refractivity contribution >= 4 is 11.6 Å². The van der Waals surface area contributed by atoms with Crippen molar-refractivity contribution in [2.75, 3.05) is 7.11 Å². The topological polar surface area (TPSA) is 52.8 Å². The van der Waals surface area contributed by atoms with E-state index in [1.54, 1.807) is 17.9 Å². The number of halogens is 1. The highest BCUT2D eigenvalue weighted by Gasteiger charge is 2.08. The van der Waals surface area contributed by atoms with Crippen LogP contribution in [-0.4, -0.2) is 26.9 Å². The van der Waals surface area contributed by atoms with Gasteiger partial charge < -0.3 is 4.74 Å². The zero-order valence-electron chi connectivity index (χ0n) is 10.6. The van der Waals surface area contributed by atoms with Crippen LogP contribution in [0.1, 0.15) is 31.3 Å². The average molecular weight is 267 g/mol. The summed E-state index contributed by atoms with van der Waals surface area (Å²) in [6, 6.07) is 3.65. The number of aromatic nitrogens is 4. The number of hydrogen-bond donors (Lipinski definition) is 0. The molecule has 0 fully saturated rings. The van der Waals surface area contributed by atoms with E-state index in [2.05, 4.69) is 28.9 Å². The van der Waals surface area contributed by atoms with E-state index < -0.39 is 0 Å². The Balaban J connectivity index is 2.36. The van der Waals surface area contributed by atoms with E-state index in [1.165, 1.54) is 0 Å². The number of rotatable bonds is 4. The molecule has 0 aromatic carbocycles. The largest absolute Gasteiger partial charge is 0.377 e. The molecule has 18 heavy (non-hydrogen) atoms. The zero-order chi connectivity index (χ0) is 13.1. The summed E-state index contributed by atoms with van der Waals surface area (Å²) < 4.78 is 6.70. The number of methoxy groups -OCH3 is 1. The lowest BCUT2D eigenvalue weighted by Crippen LogP contribution is -2.05. The molecule has 0 unspecified atom stereocenters. The van der Waals surface area contributed by atoms with E-state index in [0.29, 0.717) is 29.3 Å². The molecule has 0 amide bonds. The highest BCUT2D eigenvalue weighted by Crippen LogP contribution is 2.15. The summed E-state index contributed by atoms with van der Waals surface area (Å²) in [5.74, 6) is 1.57. The van der Waals surface area contributed by atoms with Gasteiger partial charge in [-0.2, -0.15) is 5.10 Å². The fourth-order valence-corrected chi connectivity index (χ4v) is 1.73. The predicted octanol–water partition coefficient (Wildman–Crippen LogP) is 2.59. The summed E-state index contributed by atoms with van der Waals surface area (Å²) in [7, 11) is 1.59. The van der Waals surface area contributed by atoms with Gasteiger partial charge in [0.1, 0.15) is 11.8 Å². The molecule has 0 saturated heterocycles. The van der Waals surface area contributed by atoms with Crippen molar-refractivity contribution in [2.24, 2.45) is 0 Å². The van der Waals surface area contributed by atoms with Gasteiger partial charge in [-0.3, -0.25) is 0 Å². The molecule has 6 heteroatoms. The Morgan fingerprint density at radius 2 is 2.17 bits per heavy atom. The van der Waals surface area contributed by atoms with Crippen molar-refractivity contribution in [3.63, 3.8) is 0 Å². The molecular weight excluding hydrogens is 252 g/mol. The Labute approximate surface area is 111 Å². The van der Waals surface area contributed by atoms with Gasteiger partial charge in [0, 0.05) is 19.4 Å². The van der Waals surface area contributed by atoms with Gasteiger partial charge in [-0.15, -0.1) is 0 Å². The Hall–Kier alpha value is -1.46. The summed E-state index contributed by atoms with van der Waals surface area (Å²) in [5, 5.41) is 4.83. The smallest absolute Gasteiger partial charge is 0.158 e. The van der Waals surface area contributed by atoms with Crippen molar-refractivity contribution in [3.05, 3.63) is 35.0 Å². The first kappa shape index (κ1) is 13.0. The van der Waals surface area contributed by atoms with E-state index in [4.69, 9.17) is 16.3 Å². The summed E-state index contributed by atoms with van der Waals surface area (Å²) in [4.78, 5) is 8.43. The van der Waals surface area contributed by atoms with Crippen molar-refractivity contribution in [1.82, 2.24) is 19.7 Å². The SMILES string of the molecule is COCc1nc(Cl)cc(-n2ccc(C(C)C)n2)n1. The van der Waals surface area contributed by atoms with Crippen LogP contribution in [0.15, 0.2) is 18.3 Å². The van der Waals surface area contributed by atoms with Crippen molar-refractivity contribution in [1.29, 1.82) is 0 Å². The Kier molecular flexibility index (Phi) is 3.93. The van der Waals surface area contributed by atoms with Crippen molar-refractivity contribution in [2.45, 2.75) is 26.4 Å². The maximum atomic E-state index is 5.96. The molecule has 0 saturated carbocycles. The van der Waals surface area contributed by atoms with Crippen LogP contribution in [-0.2, 0) is 11.3 Å². The number of ether oxygens (including phenoxy) is 1. The fraction of sp³-hybridized carbons (Fsp3) is 0.417. The maximum absolute atomic E-state index is 5.96. The molecule has 2 aromatic rings. The minimum absolute atomic E-state index is 0.325. The molecule has 96 valence electrons. The summed E-state index contributed by atoms with van der Waals surface area (Å²) in [6.45, 7) is 4.51. The molecule has 0 aliphatic rings. The molecule has 2 aromatic heterocycles. The Bertz CT molecular complexity index is 539. The van der Waals surface area contributed by atoms with Gasteiger partial charge in [-0.05, 0) is 12.0 Å². The zero-order valence-corrected chi connectivity index (χ0v) is 11.3. The van der Waals surface area contributed by atoms with E-state index in [9.17, 15) is 0 Å². The quantitative estimate of drug-likeness (QED) is 0.798. The lowest BCUT2D eigenvalue weighted by molar-refractivity contribution is 0.177. The monoisotopic (exact) mass is 266 g/mol. The second kappa shape index (κ2) is 5.46. The Morgan fingerprint density at radius 1 is 1.39 bits per heavy atom. The van der Waals surface area contributed by atoms with Crippen LogP contribution in [0.5, 0.6) is 0 Å². The molecule has 0 N–H and O–H groups in total. The van der Waals surface area contributed by atoms with Crippen LogP contribution in [0, 0.1) is 0 Å². The highest BCUT2D eigenvalue weighted by molar-refractivity contribution is 6.29. The normalized spacial score (nSPS) is 11.2. The third kappa shape index (κ3) is 2.86. The summed E-state index contributed by atoms with van der Waals surface area (Å²) in [5.41, 5.74) is 1.01. The van der Waals surface area contributed by atoms with Crippen LogP contribution in [0.2, 0.25) is 5.15 Å². The van der Waals surface area contributed by atoms with E-state index in [0.717, 1.165) is 5.69 Å². The van der Waals surface area contributed by atoms with Gasteiger partial charge in [-0.25, -0.2) is 14.6 Å². The third-order valence-electron chi connectivity index (χ3n) is 2.44. The number of nitrogens with zero attached hydrogens (tertiary/aromatic N) is 4. The predicted molar refractivity (Wildman–Crippen MR) is 69.0 cm³/mol. The molecule has 0 aliphatic carbocycles. The molecule has 0 spiro atoms. The fourth-order valence-electron chi connectivity index (χ4n) is 1.54. The van der Waals surface area contributed by atoms with Crippen molar-refractivity contribution in [3.8, 4) is 5.82 Å². The number of hydrogen-bond acceptors (Lipinski definition) is 4. The van der Waals surface area contributed by atoms with Gasteiger partial charge >= 0.3 is 0 Å². The maximum Gasteiger partial charge on any atom is 0.158 e. The van der Waals surface area contributed by atoms with E-state index in [1.807, 2.05) is 12.3 Å². The van der Waals surface area contributed by atoms with Crippen LogP contribution in [0.25, 0.3) is 5.82 Å². The molecule has 0 atom stereocenters. The van der Waals surface area contributed by atoms with Crippen LogP contribution >= 0.6 is 11.6 Å². The lowest BCUT2D eigenvalue weighted by atomic mass is 10.1. The van der Waals surface area contributed by atoms with Crippen LogP contribution < -0.4 is 0 Å². The first-order valence-corrected chi connectivity index (χ1v) is 6.06. The molecule has 0 bridgehead atoms. The van der Waals surface area contributed by atoms with E-state index in [-0.39, 0.29) is 0 Å². The van der Waals surface area contributed by atoms with Gasteiger partial charge in [-0.1, -0.05) is 25.4 Å². The molecule has 0 aliphatic heterocycles. The van der Waals surface area contributed by atoms with Gasteiger partial charge in [0.05, 0.1) is 5.69 Å². The van der Waals surface area contributed by atoms with E-state index >= 15 is 0 Å². The van der Waals surface area contributed by atoms with Crippen LogP contribution in [0.3, 0.4) is 0 Å². The summed E-state index contributed by atoms with van der Waals surface area (Å²) in [6.07, 6.45) is 1.87. The second-order valence-electron chi connectivity index (χ2n) is 4.24. The second-order valence-corrected chi connectivity index (χ2v) is 4.63. The molecule has 2 rings (SSSR count). The average Bonchev–Trinajstić information content (AvgIpc) is 2.78. The molecule has 5 nitrogen and oxygen atoms in total. The molecular formula is C12H15ClN4O. The lowest BCUT2D eigenvalue weighted by Gasteiger charge is -2.05. The standard InChI is InChI=1S/C12H15ClN4O/c1-8(2)9-4-5-17(16-9)12-6-10(13)14-11(15-12)7-18-3/h4-6,8H,7H2,1-3H3. The van der Waals surface area contributed by atoms with Gasteiger partial charge in [0.2, 0.25) is 0 Å². The molecule has 0 radical (unpaired) electrons. The highest BCUT2D eigenvalue weighted by atomic mass is 35.5. The van der Waals surface area contributed by atoms with Crippen LogP contribution in [0.4, 0.5) is 0 Å². The first-order chi connectivity index (χ1) is 8.60. The van der Waals surface area contributed by atoms with Crippen molar-refractivity contribution < 1.29 is 4.74 Å². The van der Waals surface area contributed by atoms with Gasteiger partial charge in [0.15, 0.2) is 11.6 Å². The molecule has 2 heterocycles. The Morgan fingerprint density at radius 3 is 2.78 bits per heavy atom. The van der Waals surface area contributed by atoms with Gasteiger partial charge in [0.25, 0.3) is 0 Å². The minimum atomic E-state index is 0.325. The summed E-state index contributed by atoms with van der Waals surface area (Å²) >= 11 is 5.96. The first-order valence-electron chi connectivity index (χ1n) is 5.68. The minimum Gasteiger partial charge on any atom is -0.377 e. The third-order valence-corrected chi connectivity index (χ3v) is 2.63.